The predicted molar refractivity (Wildman–Crippen MR) is 98.4 cm³/mol. The van der Waals surface area contributed by atoms with E-state index in [1.54, 1.807) is 37.3 Å². The third-order valence-electron chi connectivity index (χ3n) is 3.39. The quantitative estimate of drug-likeness (QED) is 0.779. The van der Waals surface area contributed by atoms with Gasteiger partial charge >= 0.3 is 0 Å². The molecule has 0 fully saturated rings. The van der Waals surface area contributed by atoms with Crippen molar-refractivity contribution >= 4 is 39.1 Å². The van der Waals surface area contributed by atoms with Crippen molar-refractivity contribution < 1.29 is 14.3 Å². The zero-order chi connectivity index (χ0) is 17.5. The van der Waals surface area contributed by atoms with Gasteiger partial charge in [-0.15, -0.1) is 0 Å². The number of carbonyl (C=O) groups is 2. The van der Waals surface area contributed by atoms with Crippen molar-refractivity contribution in [3.05, 3.63) is 52.5 Å². The van der Waals surface area contributed by atoms with E-state index in [9.17, 15) is 9.59 Å². The summed E-state index contributed by atoms with van der Waals surface area (Å²) in [7, 11) is 0. The summed E-state index contributed by atoms with van der Waals surface area (Å²) >= 11 is 3.34. The summed E-state index contributed by atoms with van der Waals surface area (Å²) in [5, 5.41) is 5.61. The van der Waals surface area contributed by atoms with Gasteiger partial charge in [-0.3, -0.25) is 9.59 Å². The smallest absolute Gasteiger partial charge is 0.262 e. The molecule has 2 aromatic rings. The van der Waals surface area contributed by atoms with Gasteiger partial charge in [-0.1, -0.05) is 28.9 Å². The van der Waals surface area contributed by atoms with Crippen LogP contribution >= 0.6 is 15.9 Å². The Morgan fingerprint density at radius 2 is 1.58 bits per heavy atom. The second-order valence-electron chi connectivity index (χ2n) is 5.17. The van der Waals surface area contributed by atoms with Crippen LogP contribution in [0.2, 0.25) is 0 Å². The molecule has 2 rings (SSSR count). The summed E-state index contributed by atoms with van der Waals surface area (Å²) in [6.07, 6.45) is 0.400. The van der Waals surface area contributed by atoms with Gasteiger partial charge in [0.25, 0.3) is 5.91 Å². The van der Waals surface area contributed by atoms with Crippen LogP contribution in [0.5, 0.6) is 5.75 Å². The molecule has 0 aromatic heterocycles. The number of amides is 2. The van der Waals surface area contributed by atoms with Crippen molar-refractivity contribution in [1.82, 2.24) is 0 Å². The van der Waals surface area contributed by atoms with Gasteiger partial charge in [-0.25, -0.2) is 0 Å². The fourth-order valence-electron chi connectivity index (χ4n) is 2.01. The first-order chi connectivity index (χ1) is 11.5. The van der Waals surface area contributed by atoms with E-state index in [2.05, 4.69) is 26.6 Å². The maximum Gasteiger partial charge on any atom is 0.262 e. The molecule has 2 amide bonds. The van der Waals surface area contributed by atoms with Crippen LogP contribution in [-0.2, 0) is 9.59 Å². The zero-order valence-electron chi connectivity index (χ0n) is 13.6. The number of anilines is 2. The Balaban J connectivity index is 1.97. The normalized spacial score (nSPS) is 10.1. The van der Waals surface area contributed by atoms with Gasteiger partial charge in [0.05, 0.1) is 0 Å². The SMILES string of the molecule is CCC(=O)Nc1cccc(NC(=O)COc2ccc(Br)cc2)c1C. The van der Waals surface area contributed by atoms with Crippen molar-refractivity contribution in [2.75, 3.05) is 17.2 Å². The number of ether oxygens (including phenoxy) is 1. The van der Waals surface area contributed by atoms with E-state index in [-0.39, 0.29) is 18.4 Å². The van der Waals surface area contributed by atoms with Gasteiger partial charge in [0.2, 0.25) is 5.91 Å². The third-order valence-corrected chi connectivity index (χ3v) is 3.92. The van der Waals surface area contributed by atoms with Gasteiger partial charge in [0.15, 0.2) is 6.61 Å². The van der Waals surface area contributed by atoms with Gasteiger partial charge in [0.1, 0.15) is 5.75 Å². The lowest BCUT2D eigenvalue weighted by Crippen LogP contribution is -2.21. The molecule has 0 radical (unpaired) electrons. The number of hydrogen-bond donors (Lipinski definition) is 2. The van der Waals surface area contributed by atoms with E-state index in [0.717, 1.165) is 10.0 Å². The first-order valence-corrected chi connectivity index (χ1v) is 8.36. The van der Waals surface area contributed by atoms with Gasteiger partial charge in [-0.05, 0) is 48.9 Å². The standard InChI is InChI=1S/C18H19BrN2O3/c1-3-17(22)20-15-5-4-6-16(12(15)2)21-18(23)11-24-14-9-7-13(19)8-10-14/h4-10H,3,11H2,1-2H3,(H,20,22)(H,21,23). The van der Waals surface area contributed by atoms with Crippen LogP contribution in [-0.4, -0.2) is 18.4 Å². The molecule has 2 N–H and O–H groups in total. The fraction of sp³-hybridized carbons (Fsp3) is 0.222. The molecule has 126 valence electrons. The Morgan fingerprint density at radius 1 is 1.00 bits per heavy atom. The minimum atomic E-state index is -0.264. The molecule has 0 saturated heterocycles. The summed E-state index contributed by atoms with van der Waals surface area (Å²) < 4.78 is 6.39. The molecule has 0 aliphatic rings. The molecule has 6 heteroatoms. The molecular formula is C18H19BrN2O3. The maximum atomic E-state index is 12.1. The highest BCUT2D eigenvalue weighted by molar-refractivity contribution is 9.10. The van der Waals surface area contributed by atoms with E-state index < -0.39 is 0 Å². The van der Waals surface area contributed by atoms with Crippen molar-refractivity contribution in [2.45, 2.75) is 20.3 Å². The van der Waals surface area contributed by atoms with Crippen molar-refractivity contribution in [3.8, 4) is 5.75 Å². The molecule has 0 bridgehead atoms. The largest absolute Gasteiger partial charge is 0.484 e. The molecule has 0 aliphatic carbocycles. The van der Waals surface area contributed by atoms with Crippen LogP contribution in [0.15, 0.2) is 46.9 Å². The highest BCUT2D eigenvalue weighted by Gasteiger charge is 2.10. The molecular weight excluding hydrogens is 372 g/mol. The van der Waals surface area contributed by atoms with E-state index in [1.165, 1.54) is 0 Å². The molecule has 0 heterocycles. The summed E-state index contributed by atoms with van der Waals surface area (Å²) in [5.41, 5.74) is 2.14. The number of rotatable bonds is 6. The summed E-state index contributed by atoms with van der Waals surface area (Å²) in [6.45, 7) is 3.54. The maximum absolute atomic E-state index is 12.1. The minimum Gasteiger partial charge on any atom is -0.484 e. The Morgan fingerprint density at radius 3 is 2.17 bits per heavy atom. The Labute approximate surface area is 149 Å². The van der Waals surface area contributed by atoms with Crippen LogP contribution in [0.1, 0.15) is 18.9 Å². The monoisotopic (exact) mass is 390 g/mol. The first-order valence-electron chi connectivity index (χ1n) is 7.57. The number of halogens is 1. The number of carbonyl (C=O) groups excluding carboxylic acids is 2. The second-order valence-corrected chi connectivity index (χ2v) is 6.09. The highest BCUT2D eigenvalue weighted by Crippen LogP contribution is 2.23. The van der Waals surface area contributed by atoms with Gasteiger partial charge in [0, 0.05) is 22.3 Å². The third kappa shape index (κ3) is 5.09. The summed E-state index contributed by atoms with van der Waals surface area (Å²) in [6, 6.07) is 12.6. The topological polar surface area (TPSA) is 67.4 Å². The van der Waals surface area contributed by atoms with Crippen LogP contribution in [0, 0.1) is 6.92 Å². The van der Waals surface area contributed by atoms with Crippen molar-refractivity contribution in [1.29, 1.82) is 0 Å². The van der Waals surface area contributed by atoms with Crippen LogP contribution < -0.4 is 15.4 Å². The Hall–Kier alpha value is -2.34. The second kappa shape index (κ2) is 8.49. The number of nitrogens with one attached hydrogen (secondary N) is 2. The Bertz CT molecular complexity index is 730. The summed E-state index contributed by atoms with van der Waals surface area (Å²) in [4.78, 5) is 23.6. The van der Waals surface area contributed by atoms with E-state index in [0.29, 0.717) is 23.5 Å². The van der Waals surface area contributed by atoms with E-state index in [1.807, 2.05) is 19.1 Å². The molecule has 0 atom stereocenters. The van der Waals surface area contributed by atoms with Crippen molar-refractivity contribution in [3.63, 3.8) is 0 Å². The van der Waals surface area contributed by atoms with Crippen molar-refractivity contribution in [2.24, 2.45) is 0 Å². The van der Waals surface area contributed by atoms with Gasteiger partial charge < -0.3 is 15.4 Å². The minimum absolute atomic E-state index is 0.0693. The average molecular weight is 391 g/mol. The molecule has 0 spiro atoms. The van der Waals surface area contributed by atoms with Crippen LogP contribution in [0.3, 0.4) is 0 Å². The lowest BCUT2D eigenvalue weighted by Gasteiger charge is -2.13. The molecule has 24 heavy (non-hydrogen) atoms. The van der Waals surface area contributed by atoms with Crippen LogP contribution in [0.25, 0.3) is 0 Å². The Kier molecular flexibility index (Phi) is 6.37. The van der Waals surface area contributed by atoms with Crippen LogP contribution in [0.4, 0.5) is 11.4 Å². The fourth-order valence-corrected chi connectivity index (χ4v) is 2.28. The zero-order valence-corrected chi connectivity index (χ0v) is 15.1. The first kappa shape index (κ1) is 18.0. The van der Waals surface area contributed by atoms with E-state index in [4.69, 9.17) is 4.74 Å². The molecule has 2 aromatic carbocycles. The van der Waals surface area contributed by atoms with Gasteiger partial charge in [-0.2, -0.15) is 0 Å². The number of benzene rings is 2. The molecule has 0 saturated carbocycles. The molecule has 5 nitrogen and oxygen atoms in total. The number of hydrogen-bond acceptors (Lipinski definition) is 3. The lowest BCUT2D eigenvalue weighted by atomic mass is 10.1. The molecule has 0 unspecified atom stereocenters. The predicted octanol–water partition coefficient (Wildman–Crippen LogP) is 4.12. The highest BCUT2D eigenvalue weighted by atomic mass is 79.9. The molecule has 0 aliphatic heterocycles. The summed E-state index contributed by atoms with van der Waals surface area (Å²) in [5.74, 6) is 0.286. The average Bonchev–Trinajstić information content (AvgIpc) is 2.58. The lowest BCUT2D eigenvalue weighted by molar-refractivity contribution is -0.118. The van der Waals surface area contributed by atoms with E-state index >= 15 is 0 Å².